The first-order chi connectivity index (χ1) is 12.8. The van der Waals surface area contributed by atoms with E-state index in [1.165, 1.54) is 24.3 Å². The zero-order valence-electron chi connectivity index (χ0n) is 13.7. The number of nitrogen functional groups attached to an aromatic ring is 1. The van der Waals surface area contributed by atoms with Gasteiger partial charge in [0.25, 0.3) is 0 Å². The highest BCUT2D eigenvalue weighted by Crippen LogP contribution is 2.37. The molecule has 2 aromatic carbocycles. The maximum atomic E-state index is 13.2. The Hall–Kier alpha value is -2.78. The summed E-state index contributed by atoms with van der Waals surface area (Å²) in [6, 6.07) is 14.7. The van der Waals surface area contributed by atoms with Crippen LogP contribution in [-0.2, 0) is 23.0 Å². The van der Waals surface area contributed by atoms with Crippen molar-refractivity contribution in [2.75, 3.05) is 5.73 Å². The van der Waals surface area contributed by atoms with Crippen molar-refractivity contribution in [3.63, 3.8) is 0 Å². The minimum absolute atomic E-state index is 0.0239. The molecule has 1 heterocycles. The molecule has 0 saturated heterocycles. The molecule has 0 bridgehead atoms. The van der Waals surface area contributed by atoms with Crippen molar-refractivity contribution in [3.8, 4) is 22.4 Å². The van der Waals surface area contributed by atoms with Gasteiger partial charge in [0.15, 0.2) is 0 Å². The molecule has 1 atom stereocenters. The van der Waals surface area contributed by atoms with Crippen molar-refractivity contribution >= 4 is 16.9 Å². The number of anilines is 1. The van der Waals surface area contributed by atoms with E-state index in [0.717, 1.165) is 0 Å². The minimum Gasteiger partial charge on any atom is -0.772 e. The molecule has 27 heavy (non-hydrogen) atoms. The molecule has 0 amide bonds. The molecule has 3 aromatic rings. The molecule has 0 aliphatic heterocycles. The predicted molar refractivity (Wildman–Crippen MR) is 94.9 cm³/mol. The van der Waals surface area contributed by atoms with Crippen molar-refractivity contribution in [2.45, 2.75) is 11.9 Å². The largest absolute Gasteiger partial charge is 0.772 e. The summed E-state index contributed by atoms with van der Waals surface area (Å²) >= 11 is -2.27. The molecular formula is C18H13F3N3O2S-. The van der Waals surface area contributed by atoms with Gasteiger partial charge in [-0.2, -0.15) is 13.2 Å². The van der Waals surface area contributed by atoms with E-state index in [9.17, 15) is 21.9 Å². The second-order valence-electron chi connectivity index (χ2n) is 5.66. The van der Waals surface area contributed by atoms with Gasteiger partial charge in [-0.1, -0.05) is 65.7 Å². The Morgan fingerprint density at radius 3 is 2.15 bits per heavy atom. The molecule has 0 fully saturated rings. The first-order valence-corrected chi connectivity index (χ1v) is 8.95. The fraction of sp³-hybridized carbons (Fsp3) is 0.111. The number of halogens is 3. The quantitative estimate of drug-likeness (QED) is 0.682. The van der Waals surface area contributed by atoms with Gasteiger partial charge in [0.2, 0.25) is 5.82 Å². The number of nitrogens with zero attached hydrogens (tertiary/aromatic N) is 2. The van der Waals surface area contributed by atoms with E-state index < -0.39 is 23.1 Å². The van der Waals surface area contributed by atoms with Gasteiger partial charge in [-0.25, -0.2) is 9.97 Å². The lowest BCUT2D eigenvalue weighted by Gasteiger charge is -2.15. The van der Waals surface area contributed by atoms with Gasteiger partial charge in [-0.15, -0.1) is 0 Å². The summed E-state index contributed by atoms with van der Waals surface area (Å²) in [6.07, 6.45) is -4.75. The molecule has 3 rings (SSSR count). The fourth-order valence-corrected chi connectivity index (χ4v) is 3.06. The first-order valence-electron chi connectivity index (χ1n) is 7.71. The average Bonchev–Trinajstić information content (AvgIpc) is 2.61. The third-order valence-electron chi connectivity index (χ3n) is 3.76. The van der Waals surface area contributed by atoms with Gasteiger partial charge < -0.3 is 10.3 Å². The molecule has 5 nitrogen and oxygen atoms in total. The van der Waals surface area contributed by atoms with Crippen molar-refractivity contribution in [2.24, 2.45) is 0 Å². The molecule has 140 valence electrons. The highest BCUT2D eigenvalue weighted by atomic mass is 32.2. The number of hydrogen-bond acceptors (Lipinski definition) is 5. The van der Waals surface area contributed by atoms with E-state index in [-0.39, 0.29) is 22.8 Å². The lowest BCUT2D eigenvalue weighted by molar-refractivity contribution is -0.144. The summed E-state index contributed by atoms with van der Waals surface area (Å²) in [4.78, 5) is 7.13. The Labute approximate surface area is 155 Å². The SMILES string of the molecule is Nc1nc(C(F)(F)F)nc(-c2ccc(CS(=O)[O-])cc2)c1-c1ccccc1. The smallest absolute Gasteiger partial charge is 0.451 e. The summed E-state index contributed by atoms with van der Waals surface area (Å²) in [5.41, 5.74) is 7.60. The summed E-state index contributed by atoms with van der Waals surface area (Å²) in [5, 5.41) is 0. The number of nitrogens with two attached hydrogens (primary N) is 1. The summed E-state index contributed by atoms with van der Waals surface area (Å²) < 4.78 is 61.1. The Morgan fingerprint density at radius 1 is 0.963 bits per heavy atom. The van der Waals surface area contributed by atoms with Crippen LogP contribution in [-0.4, -0.2) is 18.7 Å². The Bertz CT molecular complexity index is 978. The van der Waals surface area contributed by atoms with Gasteiger partial charge >= 0.3 is 6.18 Å². The predicted octanol–water partition coefficient (Wildman–Crippen LogP) is 3.79. The molecule has 1 aromatic heterocycles. The molecular weight excluding hydrogens is 379 g/mol. The lowest BCUT2D eigenvalue weighted by Crippen LogP contribution is -2.14. The van der Waals surface area contributed by atoms with E-state index in [1.807, 2.05) is 0 Å². The van der Waals surface area contributed by atoms with Crippen molar-refractivity contribution < 1.29 is 21.9 Å². The van der Waals surface area contributed by atoms with Crippen LogP contribution in [0.25, 0.3) is 22.4 Å². The molecule has 2 N–H and O–H groups in total. The Balaban J connectivity index is 2.19. The van der Waals surface area contributed by atoms with Gasteiger partial charge in [0.05, 0.1) is 11.3 Å². The second-order valence-corrected chi connectivity index (χ2v) is 6.56. The van der Waals surface area contributed by atoms with Crippen molar-refractivity contribution in [1.82, 2.24) is 9.97 Å². The number of aromatic nitrogens is 2. The Kier molecular flexibility index (Phi) is 5.24. The van der Waals surface area contributed by atoms with Crippen LogP contribution in [0.1, 0.15) is 11.4 Å². The first kappa shape index (κ1) is 19.0. The molecule has 0 aliphatic carbocycles. The van der Waals surface area contributed by atoms with Crippen LogP contribution in [0.5, 0.6) is 0 Å². The van der Waals surface area contributed by atoms with Crippen LogP contribution in [0.15, 0.2) is 54.6 Å². The van der Waals surface area contributed by atoms with Crippen LogP contribution >= 0.6 is 0 Å². The topological polar surface area (TPSA) is 91.9 Å². The standard InChI is InChI=1S/C18H14F3N3O2S/c19-18(20,21)17-23-15(13-8-6-11(7-9-13)10-27(25)26)14(16(22)24-17)12-4-2-1-3-5-12/h1-9H,10H2,(H,25,26)(H2,22,23,24)/p-1. The lowest BCUT2D eigenvalue weighted by atomic mass is 9.99. The zero-order valence-corrected chi connectivity index (χ0v) is 14.6. The summed E-state index contributed by atoms with van der Waals surface area (Å²) in [6.45, 7) is 0. The molecule has 0 radical (unpaired) electrons. The minimum atomic E-state index is -4.75. The van der Waals surface area contributed by atoms with Gasteiger partial charge in [-0.05, 0) is 11.1 Å². The van der Waals surface area contributed by atoms with E-state index in [1.54, 1.807) is 30.3 Å². The van der Waals surface area contributed by atoms with Crippen molar-refractivity contribution in [1.29, 1.82) is 0 Å². The van der Waals surface area contributed by atoms with Gasteiger partial charge in [0.1, 0.15) is 5.82 Å². The monoisotopic (exact) mass is 392 g/mol. The highest BCUT2D eigenvalue weighted by molar-refractivity contribution is 7.78. The van der Waals surface area contributed by atoms with Crippen LogP contribution in [0.2, 0.25) is 0 Å². The van der Waals surface area contributed by atoms with Crippen LogP contribution < -0.4 is 5.73 Å². The average molecular weight is 392 g/mol. The summed E-state index contributed by atoms with van der Waals surface area (Å²) in [7, 11) is 0. The van der Waals surface area contributed by atoms with Gasteiger partial charge in [-0.3, -0.25) is 4.21 Å². The fourth-order valence-electron chi connectivity index (χ4n) is 2.60. The number of rotatable bonds is 4. The number of alkyl halides is 3. The zero-order chi connectivity index (χ0) is 19.6. The van der Waals surface area contributed by atoms with Crippen molar-refractivity contribution in [3.05, 3.63) is 66.0 Å². The van der Waals surface area contributed by atoms with E-state index in [2.05, 4.69) is 9.97 Å². The molecule has 1 unspecified atom stereocenters. The second kappa shape index (κ2) is 7.45. The summed E-state index contributed by atoms with van der Waals surface area (Å²) in [5.74, 6) is -1.81. The highest BCUT2D eigenvalue weighted by Gasteiger charge is 2.36. The maximum Gasteiger partial charge on any atom is 0.451 e. The maximum absolute atomic E-state index is 13.2. The van der Waals surface area contributed by atoms with E-state index in [0.29, 0.717) is 16.7 Å². The normalized spacial score (nSPS) is 12.7. The van der Waals surface area contributed by atoms with Crippen LogP contribution in [0.4, 0.5) is 19.0 Å². The third-order valence-corrected chi connectivity index (χ3v) is 4.33. The molecule has 0 aliphatic rings. The number of benzene rings is 2. The third kappa shape index (κ3) is 4.32. The number of hydrogen-bond donors (Lipinski definition) is 1. The molecule has 9 heteroatoms. The Morgan fingerprint density at radius 2 is 1.59 bits per heavy atom. The van der Waals surface area contributed by atoms with Crippen LogP contribution in [0.3, 0.4) is 0 Å². The van der Waals surface area contributed by atoms with Crippen LogP contribution in [0, 0.1) is 0 Å². The molecule has 0 spiro atoms. The van der Waals surface area contributed by atoms with Gasteiger partial charge in [0, 0.05) is 11.3 Å². The van der Waals surface area contributed by atoms with E-state index >= 15 is 0 Å². The molecule has 0 saturated carbocycles. The van der Waals surface area contributed by atoms with E-state index in [4.69, 9.17) is 5.73 Å².